The molecule has 40 heavy (non-hydrogen) atoms. The van der Waals surface area contributed by atoms with E-state index < -0.39 is 103 Å². The molecule has 16 nitrogen and oxygen atoms in total. The standard InChI is InChI=1S/C24H41N5O11/c1-10(2)17(25)22(37)26-13(6-8-15(31)32)21(36)29-19(12(5)30)23(38)27-14(7-9-16(33)34)20(35)28-18(11(3)4)24(39)40/h10-14,17-19,30H,6-9,25H2,1-5H3,(H,26,37)(H,27,38)(H,28,35)(H,29,36)(H,31,32)(H,33,34)(H,39,40)/t12-,13+,14+,17+,18+,19+/m1/s1. The van der Waals surface area contributed by atoms with Crippen molar-refractivity contribution in [3.8, 4) is 0 Å². The summed E-state index contributed by atoms with van der Waals surface area (Å²) in [5.74, 6) is -8.68. The molecule has 0 aliphatic heterocycles. The minimum atomic E-state index is -1.73. The Hall–Kier alpha value is -3.79. The third-order valence-electron chi connectivity index (χ3n) is 5.87. The third kappa shape index (κ3) is 12.8. The van der Waals surface area contributed by atoms with Crippen molar-refractivity contribution in [2.45, 2.75) is 96.6 Å². The number of hydrogen-bond acceptors (Lipinski definition) is 9. The molecule has 0 heterocycles. The van der Waals surface area contributed by atoms with Crippen LogP contribution in [0.3, 0.4) is 0 Å². The average Bonchev–Trinajstić information content (AvgIpc) is 2.83. The second-order valence-electron chi connectivity index (χ2n) is 10.1. The lowest BCUT2D eigenvalue weighted by molar-refractivity contribution is -0.144. The predicted octanol–water partition coefficient (Wildman–Crippen LogP) is -2.24. The van der Waals surface area contributed by atoms with Gasteiger partial charge in [0.25, 0.3) is 0 Å². The Labute approximate surface area is 231 Å². The fraction of sp³-hybridized carbons (Fsp3) is 0.708. The molecule has 0 aromatic rings. The molecule has 0 rings (SSSR count). The lowest BCUT2D eigenvalue weighted by atomic mass is 10.0. The number of rotatable bonds is 18. The number of carbonyl (C=O) groups is 7. The van der Waals surface area contributed by atoms with Crippen LogP contribution in [0.4, 0.5) is 0 Å². The Morgan fingerprint density at radius 2 is 1.00 bits per heavy atom. The number of carbonyl (C=O) groups excluding carboxylic acids is 4. The molecule has 0 aromatic carbocycles. The van der Waals surface area contributed by atoms with Crippen molar-refractivity contribution in [3.05, 3.63) is 0 Å². The van der Waals surface area contributed by atoms with Crippen LogP contribution in [0.5, 0.6) is 0 Å². The predicted molar refractivity (Wildman–Crippen MR) is 138 cm³/mol. The highest BCUT2D eigenvalue weighted by atomic mass is 16.4. The van der Waals surface area contributed by atoms with Crippen LogP contribution >= 0.6 is 0 Å². The number of nitrogens with two attached hydrogens (primary N) is 1. The first-order valence-electron chi connectivity index (χ1n) is 12.7. The summed E-state index contributed by atoms with van der Waals surface area (Å²) in [6.07, 6.45) is -3.49. The first-order chi connectivity index (χ1) is 18.4. The van der Waals surface area contributed by atoms with Crippen molar-refractivity contribution < 1.29 is 54.0 Å². The van der Waals surface area contributed by atoms with E-state index in [2.05, 4.69) is 21.3 Å². The van der Waals surface area contributed by atoms with Gasteiger partial charge in [-0.3, -0.25) is 28.8 Å². The molecular weight excluding hydrogens is 534 g/mol. The normalized spacial score (nSPS) is 15.6. The smallest absolute Gasteiger partial charge is 0.326 e. The Bertz CT molecular complexity index is 938. The van der Waals surface area contributed by atoms with Gasteiger partial charge in [0, 0.05) is 12.8 Å². The number of aliphatic hydroxyl groups excluding tert-OH is 1. The molecule has 6 atom stereocenters. The van der Waals surface area contributed by atoms with Crippen LogP contribution in [0.1, 0.15) is 60.3 Å². The Kier molecular flexibility index (Phi) is 15.4. The second kappa shape index (κ2) is 17.0. The van der Waals surface area contributed by atoms with E-state index >= 15 is 0 Å². The number of nitrogens with one attached hydrogen (secondary N) is 4. The van der Waals surface area contributed by atoms with Gasteiger partial charge in [0.15, 0.2) is 0 Å². The van der Waals surface area contributed by atoms with Gasteiger partial charge in [0.2, 0.25) is 23.6 Å². The topological polar surface area (TPSA) is 275 Å². The zero-order valence-corrected chi connectivity index (χ0v) is 23.2. The molecule has 16 heteroatoms. The molecule has 0 fully saturated rings. The van der Waals surface area contributed by atoms with Crippen LogP contribution in [0.15, 0.2) is 0 Å². The van der Waals surface area contributed by atoms with Gasteiger partial charge in [-0.25, -0.2) is 4.79 Å². The molecule has 0 radical (unpaired) electrons. The fourth-order valence-corrected chi connectivity index (χ4v) is 3.33. The lowest BCUT2D eigenvalue weighted by Gasteiger charge is -2.28. The van der Waals surface area contributed by atoms with Gasteiger partial charge >= 0.3 is 17.9 Å². The zero-order chi connectivity index (χ0) is 31.3. The van der Waals surface area contributed by atoms with Crippen LogP contribution in [0.25, 0.3) is 0 Å². The van der Waals surface area contributed by atoms with Crippen molar-refractivity contribution >= 4 is 41.5 Å². The monoisotopic (exact) mass is 575 g/mol. The summed E-state index contributed by atoms with van der Waals surface area (Å²) in [6.45, 7) is 7.49. The van der Waals surface area contributed by atoms with E-state index in [0.29, 0.717) is 0 Å². The Morgan fingerprint density at radius 1 is 0.600 bits per heavy atom. The molecule has 0 saturated carbocycles. The Morgan fingerprint density at radius 3 is 1.32 bits per heavy atom. The second-order valence-corrected chi connectivity index (χ2v) is 10.1. The van der Waals surface area contributed by atoms with Crippen LogP contribution in [0, 0.1) is 11.8 Å². The summed E-state index contributed by atoms with van der Waals surface area (Å²) in [5, 5.41) is 46.6. The van der Waals surface area contributed by atoms with E-state index in [1.807, 2.05) is 0 Å². The summed E-state index contributed by atoms with van der Waals surface area (Å²) in [6, 6.07) is -7.09. The molecule has 0 bridgehead atoms. The number of carboxylic acids is 3. The fourth-order valence-electron chi connectivity index (χ4n) is 3.33. The number of aliphatic carboxylic acids is 3. The van der Waals surface area contributed by atoms with Gasteiger partial charge in [-0.05, 0) is 31.6 Å². The van der Waals surface area contributed by atoms with E-state index in [-0.39, 0.29) is 12.3 Å². The first kappa shape index (κ1) is 36.2. The number of hydrogen-bond donors (Lipinski definition) is 9. The summed E-state index contributed by atoms with van der Waals surface area (Å²) in [4.78, 5) is 84.8. The van der Waals surface area contributed by atoms with Gasteiger partial charge in [0.1, 0.15) is 24.2 Å². The quantitative estimate of drug-likeness (QED) is 0.0839. The highest BCUT2D eigenvalue weighted by Gasteiger charge is 2.34. The van der Waals surface area contributed by atoms with E-state index in [4.69, 9.17) is 15.9 Å². The van der Waals surface area contributed by atoms with Crippen molar-refractivity contribution in [3.63, 3.8) is 0 Å². The SMILES string of the molecule is CC(C)[C@H](N)C(=O)N[C@@H](CCC(=O)O)C(=O)N[C@H](C(=O)N[C@@H](CCC(=O)O)C(=O)N[C@H](C(=O)O)C(C)C)[C@@H](C)O. The maximum Gasteiger partial charge on any atom is 0.326 e. The highest BCUT2D eigenvalue weighted by Crippen LogP contribution is 2.08. The van der Waals surface area contributed by atoms with Crippen LogP contribution < -0.4 is 27.0 Å². The Balaban J connectivity index is 5.87. The van der Waals surface area contributed by atoms with Gasteiger partial charge < -0.3 is 47.4 Å². The third-order valence-corrected chi connectivity index (χ3v) is 5.87. The number of amides is 4. The van der Waals surface area contributed by atoms with E-state index in [9.17, 15) is 43.8 Å². The van der Waals surface area contributed by atoms with Gasteiger partial charge in [-0.1, -0.05) is 27.7 Å². The molecule has 228 valence electrons. The van der Waals surface area contributed by atoms with Crippen LogP contribution in [-0.4, -0.2) is 98.3 Å². The van der Waals surface area contributed by atoms with Crippen molar-refractivity contribution in [2.75, 3.05) is 0 Å². The lowest BCUT2D eigenvalue weighted by Crippen LogP contribution is -2.61. The maximum atomic E-state index is 13.0. The summed E-state index contributed by atoms with van der Waals surface area (Å²) >= 11 is 0. The van der Waals surface area contributed by atoms with E-state index in [1.54, 1.807) is 13.8 Å². The molecule has 0 unspecified atom stereocenters. The minimum absolute atomic E-state index is 0.315. The molecule has 10 N–H and O–H groups in total. The van der Waals surface area contributed by atoms with E-state index in [0.717, 1.165) is 6.92 Å². The zero-order valence-electron chi connectivity index (χ0n) is 23.2. The summed E-state index contributed by atoms with van der Waals surface area (Å²) in [7, 11) is 0. The van der Waals surface area contributed by atoms with Crippen molar-refractivity contribution in [1.29, 1.82) is 0 Å². The van der Waals surface area contributed by atoms with Gasteiger partial charge in [-0.2, -0.15) is 0 Å². The largest absolute Gasteiger partial charge is 0.481 e. The molecule has 0 spiro atoms. The number of carboxylic acid groups (broad SMARTS) is 3. The molecule has 0 aromatic heterocycles. The van der Waals surface area contributed by atoms with E-state index in [1.165, 1.54) is 13.8 Å². The van der Waals surface area contributed by atoms with Gasteiger partial charge in [0.05, 0.1) is 12.1 Å². The maximum absolute atomic E-state index is 13.0. The van der Waals surface area contributed by atoms with Crippen LogP contribution in [0.2, 0.25) is 0 Å². The number of aliphatic hydroxyl groups is 1. The average molecular weight is 576 g/mol. The van der Waals surface area contributed by atoms with Crippen molar-refractivity contribution in [2.24, 2.45) is 17.6 Å². The molecular formula is C24H41N5O11. The summed E-state index contributed by atoms with van der Waals surface area (Å²) in [5.41, 5.74) is 5.79. The highest BCUT2D eigenvalue weighted by molar-refractivity contribution is 5.96. The minimum Gasteiger partial charge on any atom is -0.481 e. The molecule has 0 saturated heterocycles. The first-order valence-corrected chi connectivity index (χ1v) is 12.7. The molecule has 0 aliphatic rings. The molecule has 0 aliphatic carbocycles. The molecule has 4 amide bonds. The summed E-state index contributed by atoms with van der Waals surface area (Å²) < 4.78 is 0. The van der Waals surface area contributed by atoms with Crippen molar-refractivity contribution in [1.82, 2.24) is 21.3 Å². The van der Waals surface area contributed by atoms with Gasteiger partial charge in [-0.15, -0.1) is 0 Å². The van der Waals surface area contributed by atoms with Crippen LogP contribution in [-0.2, 0) is 33.6 Å².